The lowest BCUT2D eigenvalue weighted by Gasteiger charge is -2.00. The van der Waals surface area contributed by atoms with Gasteiger partial charge in [-0.3, -0.25) is 14.6 Å². The SMILES string of the molecule is CCCCCC(=O)CC(=O)c1ccc(F)cn1. The van der Waals surface area contributed by atoms with Gasteiger partial charge in [0.1, 0.15) is 17.3 Å². The maximum atomic E-state index is 12.6. The first-order valence-electron chi connectivity index (χ1n) is 5.80. The summed E-state index contributed by atoms with van der Waals surface area (Å²) in [6, 6.07) is 2.47. The first-order chi connectivity index (χ1) is 8.13. The number of hydrogen-bond acceptors (Lipinski definition) is 3. The second kappa shape index (κ2) is 6.89. The summed E-state index contributed by atoms with van der Waals surface area (Å²) in [5.41, 5.74) is 0.148. The Morgan fingerprint density at radius 3 is 2.65 bits per heavy atom. The van der Waals surface area contributed by atoms with E-state index < -0.39 is 5.82 Å². The van der Waals surface area contributed by atoms with Crippen LogP contribution in [0, 0.1) is 5.82 Å². The Labute approximate surface area is 100 Å². The third-order valence-electron chi connectivity index (χ3n) is 2.43. The zero-order chi connectivity index (χ0) is 12.7. The molecule has 92 valence electrons. The van der Waals surface area contributed by atoms with E-state index in [1.54, 1.807) is 0 Å². The molecule has 17 heavy (non-hydrogen) atoms. The molecule has 3 nitrogen and oxygen atoms in total. The molecule has 1 aromatic heterocycles. The number of aromatic nitrogens is 1. The smallest absolute Gasteiger partial charge is 0.188 e. The Balaban J connectivity index is 2.43. The van der Waals surface area contributed by atoms with E-state index in [0.717, 1.165) is 25.5 Å². The molecule has 1 heterocycles. The van der Waals surface area contributed by atoms with Crippen molar-refractivity contribution < 1.29 is 14.0 Å². The molecule has 0 radical (unpaired) electrons. The minimum absolute atomic E-state index is 0.0745. The van der Waals surface area contributed by atoms with Gasteiger partial charge >= 0.3 is 0 Å². The summed E-state index contributed by atoms with van der Waals surface area (Å²) >= 11 is 0. The first kappa shape index (κ1) is 13.5. The van der Waals surface area contributed by atoms with Gasteiger partial charge in [0.2, 0.25) is 0 Å². The van der Waals surface area contributed by atoms with E-state index in [1.165, 1.54) is 12.1 Å². The van der Waals surface area contributed by atoms with Crippen LogP contribution in [0.15, 0.2) is 18.3 Å². The van der Waals surface area contributed by atoms with Crippen LogP contribution in [0.1, 0.15) is 49.5 Å². The van der Waals surface area contributed by atoms with Crippen molar-refractivity contribution in [2.75, 3.05) is 0 Å². The van der Waals surface area contributed by atoms with Crippen molar-refractivity contribution in [2.24, 2.45) is 0 Å². The van der Waals surface area contributed by atoms with Crippen molar-refractivity contribution in [3.63, 3.8) is 0 Å². The highest BCUT2D eigenvalue weighted by Gasteiger charge is 2.12. The summed E-state index contributed by atoms with van der Waals surface area (Å²) in [6.45, 7) is 2.05. The standard InChI is InChI=1S/C13H16FNO2/c1-2-3-4-5-11(16)8-13(17)12-7-6-10(14)9-15-12/h6-7,9H,2-5,8H2,1H3. The molecule has 0 spiro atoms. The Morgan fingerprint density at radius 1 is 1.29 bits per heavy atom. The van der Waals surface area contributed by atoms with Crippen LogP contribution in [0.5, 0.6) is 0 Å². The van der Waals surface area contributed by atoms with Gasteiger partial charge in [-0.25, -0.2) is 4.39 Å². The zero-order valence-electron chi connectivity index (χ0n) is 9.91. The third-order valence-corrected chi connectivity index (χ3v) is 2.43. The van der Waals surface area contributed by atoms with Gasteiger partial charge in [0.05, 0.1) is 12.6 Å². The number of ketones is 2. The fraction of sp³-hybridized carbons (Fsp3) is 0.462. The van der Waals surface area contributed by atoms with Crippen LogP contribution in [-0.4, -0.2) is 16.6 Å². The summed E-state index contributed by atoms with van der Waals surface area (Å²) in [5.74, 6) is -0.906. The number of unbranched alkanes of at least 4 members (excludes halogenated alkanes) is 2. The number of nitrogens with zero attached hydrogens (tertiary/aromatic N) is 1. The van der Waals surface area contributed by atoms with E-state index in [2.05, 4.69) is 11.9 Å². The molecule has 0 aliphatic heterocycles. The first-order valence-corrected chi connectivity index (χ1v) is 5.80. The van der Waals surface area contributed by atoms with E-state index in [9.17, 15) is 14.0 Å². The Bertz CT molecular complexity index is 387. The van der Waals surface area contributed by atoms with E-state index in [4.69, 9.17) is 0 Å². The Kier molecular flexibility index (Phi) is 5.46. The predicted octanol–water partition coefficient (Wildman–Crippen LogP) is 2.94. The minimum atomic E-state index is -0.490. The molecular weight excluding hydrogens is 221 g/mol. The van der Waals surface area contributed by atoms with Gasteiger partial charge in [-0.05, 0) is 18.6 Å². The van der Waals surface area contributed by atoms with Gasteiger partial charge in [-0.15, -0.1) is 0 Å². The van der Waals surface area contributed by atoms with Crippen molar-refractivity contribution >= 4 is 11.6 Å². The third kappa shape index (κ3) is 4.85. The molecule has 1 rings (SSSR count). The molecule has 0 aliphatic carbocycles. The summed E-state index contributed by atoms with van der Waals surface area (Å²) in [7, 11) is 0. The van der Waals surface area contributed by atoms with Gasteiger partial charge < -0.3 is 0 Å². The quantitative estimate of drug-likeness (QED) is 0.416. The molecule has 0 N–H and O–H groups in total. The van der Waals surface area contributed by atoms with Crippen LogP contribution in [-0.2, 0) is 4.79 Å². The molecule has 0 atom stereocenters. The molecule has 0 amide bonds. The largest absolute Gasteiger partial charge is 0.299 e. The maximum absolute atomic E-state index is 12.6. The monoisotopic (exact) mass is 237 g/mol. The number of hydrogen-bond donors (Lipinski definition) is 0. The highest BCUT2D eigenvalue weighted by Crippen LogP contribution is 2.06. The van der Waals surface area contributed by atoms with Gasteiger partial charge in [0.15, 0.2) is 5.78 Å². The second-order valence-electron chi connectivity index (χ2n) is 3.96. The molecule has 4 heteroatoms. The van der Waals surface area contributed by atoms with Gasteiger partial charge in [-0.1, -0.05) is 19.8 Å². The van der Waals surface area contributed by atoms with Crippen LogP contribution >= 0.6 is 0 Å². The van der Waals surface area contributed by atoms with Crippen LogP contribution in [0.2, 0.25) is 0 Å². The highest BCUT2D eigenvalue weighted by molar-refractivity contribution is 6.06. The molecule has 0 fully saturated rings. The molecule has 0 saturated carbocycles. The molecule has 0 unspecified atom stereocenters. The number of pyridine rings is 1. The number of halogens is 1. The Morgan fingerprint density at radius 2 is 2.06 bits per heavy atom. The van der Waals surface area contributed by atoms with Crippen LogP contribution in [0.3, 0.4) is 0 Å². The molecular formula is C13H16FNO2. The van der Waals surface area contributed by atoms with Crippen molar-refractivity contribution in [2.45, 2.75) is 39.0 Å². The van der Waals surface area contributed by atoms with E-state index in [0.29, 0.717) is 6.42 Å². The lowest BCUT2D eigenvalue weighted by molar-refractivity contribution is -0.118. The molecule has 0 aromatic carbocycles. The average molecular weight is 237 g/mol. The van der Waals surface area contributed by atoms with Crippen molar-refractivity contribution in [3.05, 3.63) is 29.8 Å². The lowest BCUT2D eigenvalue weighted by atomic mass is 10.1. The number of carbonyl (C=O) groups is 2. The van der Waals surface area contributed by atoms with Crippen LogP contribution in [0.25, 0.3) is 0 Å². The van der Waals surface area contributed by atoms with E-state index >= 15 is 0 Å². The number of rotatable bonds is 7. The maximum Gasteiger partial charge on any atom is 0.188 e. The summed E-state index contributed by atoms with van der Waals surface area (Å²) < 4.78 is 12.6. The Hall–Kier alpha value is -1.58. The molecule has 0 aliphatic rings. The topological polar surface area (TPSA) is 47.0 Å². The minimum Gasteiger partial charge on any atom is -0.299 e. The molecule has 0 bridgehead atoms. The van der Waals surface area contributed by atoms with Crippen molar-refractivity contribution in [1.29, 1.82) is 0 Å². The van der Waals surface area contributed by atoms with E-state index in [-0.39, 0.29) is 23.7 Å². The second-order valence-corrected chi connectivity index (χ2v) is 3.96. The summed E-state index contributed by atoms with van der Waals surface area (Å²) in [4.78, 5) is 26.7. The fourth-order valence-electron chi connectivity index (χ4n) is 1.47. The predicted molar refractivity (Wildman–Crippen MR) is 62.3 cm³/mol. The van der Waals surface area contributed by atoms with Gasteiger partial charge in [0, 0.05) is 6.42 Å². The van der Waals surface area contributed by atoms with Gasteiger partial charge in [-0.2, -0.15) is 0 Å². The van der Waals surface area contributed by atoms with E-state index in [1.807, 2.05) is 0 Å². The summed E-state index contributed by atoms with van der Waals surface area (Å²) in [6.07, 6.45) is 4.13. The zero-order valence-corrected chi connectivity index (χ0v) is 9.91. The summed E-state index contributed by atoms with van der Waals surface area (Å²) in [5, 5.41) is 0. The van der Waals surface area contributed by atoms with Crippen LogP contribution in [0.4, 0.5) is 4.39 Å². The highest BCUT2D eigenvalue weighted by atomic mass is 19.1. The lowest BCUT2D eigenvalue weighted by Crippen LogP contribution is -2.09. The normalized spacial score (nSPS) is 10.2. The average Bonchev–Trinajstić information content (AvgIpc) is 2.30. The molecule has 0 saturated heterocycles. The molecule has 1 aromatic rings. The van der Waals surface area contributed by atoms with Crippen molar-refractivity contribution in [3.8, 4) is 0 Å². The van der Waals surface area contributed by atoms with Gasteiger partial charge in [0.25, 0.3) is 0 Å². The fourth-order valence-corrected chi connectivity index (χ4v) is 1.47. The number of Topliss-reactive ketones (excluding diaryl/α,β-unsaturated/α-hetero) is 2. The number of carbonyl (C=O) groups excluding carboxylic acids is 2. The van der Waals surface area contributed by atoms with Crippen LogP contribution < -0.4 is 0 Å². The van der Waals surface area contributed by atoms with Crippen molar-refractivity contribution in [1.82, 2.24) is 4.98 Å².